The molecular formula is C8H15N3. The zero-order chi connectivity index (χ0) is 8.27. The van der Waals surface area contributed by atoms with Gasteiger partial charge in [0, 0.05) is 25.5 Å². The molecular weight excluding hydrogens is 138 g/mol. The maximum atomic E-state index is 3.11. The Hall–Kier alpha value is -0.800. The Labute approximate surface area is 67.4 Å². The Morgan fingerprint density at radius 2 is 2.27 bits per heavy atom. The fraction of sp³-hybridized carbons (Fsp3) is 0.500. The number of aromatic nitrogens is 1. The topological polar surface area (TPSA) is 29.0 Å². The Kier molecular flexibility index (Phi) is 2.68. The average molecular weight is 153 g/mol. The van der Waals surface area contributed by atoms with Gasteiger partial charge in [0.25, 0.3) is 0 Å². The lowest BCUT2D eigenvalue weighted by Gasteiger charge is -2.09. The largest absolute Gasteiger partial charge is 0.357 e. The molecule has 0 radical (unpaired) electrons. The van der Waals surface area contributed by atoms with Crippen LogP contribution in [0.15, 0.2) is 18.5 Å². The minimum atomic E-state index is 0.362. The van der Waals surface area contributed by atoms with Gasteiger partial charge < -0.3 is 4.57 Å². The lowest BCUT2D eigenvalue weighted by molar-refractivity contribution is 0.505. The molecule has 2 N–H and O–H groups in total. The Balaban J connectivity index is 2.60. The highest BCUT2D eigenvalue weighted by molar-refractivity contribution is 5.13. The molecule has 0 aliphatic heterocycles. The Morgan fingerprint density at radius 1 is 1.55 bits per heavy atom. The molecule has 1 rings (SSSR count). The summed E-state index contributed by atoms with van der Waals surface area (Å²) in [6.45, 7) is 2.12. The molecule has 1 aromatic rings. The highest BCUT2D eigenvalue weighted by Crippen LogP contribution is 2.10. The van der Waals surface area contributed by atoms with Gasteiger partial charge in [-0.2, -0.15) is 0 Å². The maximum Gasteiger partial charge on any atom is 0.0449 e. The van der Waals surface area contributed by atoms with Crippen LogP contribution in [0.1, 0.15) is 18.5 Å². The van der Waals surface area contributed by atoms with E-state index in [0.29, 0.717) is 6.04 Å². The van der Waals surface area contributed by atoms with Crippen LogP contribution in [-0.4, -0.2) is 11.6 Å². The quantitative estimate of drug-likeness (QED) is 0.629. The molecule has 3 nitrogen and oxygen atoms in total. The summed E-state index contributed by atoms with van der Waals surface area (Å²) in [4.78, 5) is 0. The standard InChI is InChI=1S/C8H15N3/c1-7(10-9-2)8-4-5-11(3)6-8/h4-7,9-10H,1-3H3. The number of rotatable bonds is 3. The van der Waals surface area contributed by atoms with Crippen molar-refractivity contribution in [3.05, 3.63) is 24.0 Å². The van der Waals surface area contributed by atoms with Gasteiger partial charge in [-0.05, 0) is 25.6 Å². The molecule has 0 aliphatic carbocycles. The van der Waals surface area contributed by atoms with Crippen LogP contribution < -0.4 is 10.9 Å². The van der Waals surface area contributed by atoms with E-state index >= 15 is 0 Å². The fourth-order valence-electron chi connectivity index (χ4n) is 1.08. The number of hydrogen-bond donors (Lipinski definition) is 2. The number of nitrogens with zero attached hydrogens (tertiary/aromatic N) is 1. The third-order valence-corrected chi connectivity index (χ3v) is 1.72. The van der Waals surface area contributed by atoms with E-state index in [1.165, 1.54) is 5.56 Å². The summed E-state index contributed by atoms with van der Waals surface area (Å²) >= 11 is 0. The minimum Gasteiger partial charge on any atom is -0.357 e. The van der Waals surface area contributed by atoms with Crippen molar-refractivity contribution in [2.45, 2.75) is 13.0 Å². The first kappa shape index (κ1) is 8.30. The number of aryl methyl sites for hydroxylation is 1. The molecule has 1 heterocycles. The monoisotopic (exact) mass is 153 g/mol. The minimum absolute atomic E-state index is 0.362. The van der Waals surface area contributed by atoms with Crippen LogP contribution in [0.5, 0.6) is 0 Å². The highest BCUT2D eigenvalue weighted by Gasteiger charge is 2.02. The summed E-state index contributed by atoms with van der Waals surface area (Å²) < 4.78 is 2.04. The molecule has 0 saturated heterocycles. The Bertz CT molecular complexity index is 217. The number of nitrogens with one attached hydrogen (secondary N) is 2. The molecule has 0 saturated carbocycles. The summed E-state index contributed by atoms with van der Waals surface area (Å²) in [5.74, 6) is 0. The van der Waals surface area contributed by atoms with E-state index in [9.17, 15) is 0 Å². The highest BCUT2D eigenvalue weighted by atomic mass is 15.3. The van der Waals surface area contributed by atoms with Crippen LogP contribution in [0.25, 0.3) is 0 Å². The fourth-order valence-corrected chi connectivity index (χ4v) is 1.08. The summed E-state index contributed by atoms with van der Waals surface area (Å²) in [5.41, 5.74) is 7.32. The second-order valence-corrected chi connectivity index (χ2v) is 2.73. The predicted octanol–water partition coefficient (Wildman–Crippen LogP) is 0.810. The van der Waals surface area contributed by atoms with Crippen molar-refractivity contribution < 1.29 is 0 Å². The molecule has 0 fully saturated rings. The van der Waals surface area contributed by atoms with Gasteiger partial charge in [-0.3, -0.25) is 10.9 Å². The Morgan fingerprint density at radius 3 is 2.73 bits per heavy atom. The van der Waals surface area contributed by atoms with Crippen LogP contribution in [0, 0.1) is 0 Å². The first-order chi connectivity index (χ1) is 5.24. The molecule has 0 amide bonds. The van der Waals surface area contributed by atoms with Gasteiger partial charge in [0.2, 0.25) is 0 Å². The van der Waals surface area contributed by atoms with Crippen LogP contribution in [0.3, 0.4) is 0 Å². The van der Waals surface area contributed by atoms with Crippen LogP contribution >= 0.6 is 0 Å². The van der Waals surface area contributed by atoms with Gasteiger partial charge in [0.15, 0.2) is 0 Å². The molecule has 1 atom stereocenters. The zero-order valence-electron chi connectivity index (χ0n) is 7.26. The SMILES string of the molecule is CNNC(C)c1ccn(C)c1. The van der Waals surface area contributed by atoms with Crippen molar-refractivity contribution in [1.82, 2.24) is 15.4 Å². The van der Waals surface area contributed by atoms with Crippen molar-refractivity contribution in [2.75, 3.05) is 7.05 Å². The van der Waals surface area contributed by atoms with Crippen molar-refractivity contribution >= 4 is 0 Å². The number of hydrazine groups is 1. The third-order valence-electron chi connectivity index (χ3n) is 1.72. The summed E-state index contributed by atoms with van der Waals surface area (Å²) in [6, 6.07) is 2.47. The normalized spacial score (nSPS) is 13.4. The van der Waals surface area contributed by atoms with Crippen LogP contribution in [0.2, 0.25) is 0 Å². The van der Waals surface area contributed by atoms with E-state index in [2.05, 4.69) is 30.0 Å². The molecule has 0 bridgehead atoms. The molecule has 0 aromatic carbocycles. The van der Waals surface area contributed by atoms with Gasteiger partial charge in [-0.15, -0.1) is 0 Å². The van der Waals surface area contributed by atoms with E-state index in [-0.39, 0.29) is 0 Å². The first-order valence-corrected chi connectivity index (χ1v) is 3.78. The van der Waals surface area contributed by atoms with Gasteiger partial charge in [0.1, 0.15) is 0 Å². The molecule has 0 spiro atoms. The van der Waals surface area contributed by atoms with Crippen molar-refractivity contribution in [1.29, 1.82) is 0 Å². The smallest absolute Gasteiger partial charge is 0.0449 e. The molecule has 11 heavy (non-hydrogen) atoms. The second-order valence-electron chi connectivity index (χ2n) is 2.73. The number of hydrogen-bond acceptors (Lipinski definition) is 2. The molecule has 1 unspecified atom stereocenters. The van der Waals surface area contributed by atoms with E-state index in [0.717, 1.165) is 0 Å². The lowest BCUT2D eigenvalue weighted by atomic mass is 10.2. The third kappa shape index (κ3) is 2.06. The molecule has 0 aliphatic rings. The van der Waals surface area contributed by atoms with E-state index < -0.39 is 0 Å². The summed E-state index contributed by atoms with van der Waals surface area (Å²) in [6.07, 6.45) is 4.15. The van der Waals surface area contributed by atoms with Crippen LogP contribution in [-0.2, 0) is 7.05 Å². The van der Waals surface area contributed by atoms with Gasteiger partial charge in [0.05, 0.1) is 0 Å². The van der Waals surface area contributed by atoms with Crippen molar-refractivity contribution in [3.63, 3.8) is 0 Å². The van der Waals surface area contributed by atoms with E-state index in [4.69, 9.17) is 0 Å². The van der Waals surface area contributed by atoms with Crippen molar-refractivity contribution in [3.8, 4) is 0 Å². The average Bonchev–Trinajstić information content (AvgIpc) is 2.36. The van der Waals surface area contributed by atoms with Crippen LogP contribution in [0.4, 0.5) is 0 Å². The van der Waals surface area contributed by atoms with Crippen molar-refractivity contribution in [2.24, 2.45) is 7.05 Å². The van der Waals surface area contributed by atoms with Gasteiger partial charge in [-0.25, -0.2) is 0 Å². The van der Waals surface area contributed by atoms with Gasteiger partial charge in [-0.1, -0.05) is 0 Å². The molecule has 3 heteroatoms. The van der Waals surface area contributed by atoms with Gasteiger partial charge >= 0.3 is 0 Å². The lowest BCUT2D eigenvalue weighted by Crippen LogP contribution is -2.30. The van der Waals surface area contributed by atoms with E-state index in [1.54, 1.807) is 0 Å². The predicted molar refractivity (Wildman–Crippen MR) is 46.0 cm³/mol. The zero-order valence-corrected chi connectivity index (χ0v) is 7.26. The first-order valence-electron chi connectivity index (χ1n) is 3.78. The summed E-state index contributed by atoms with van der Waals surface area (Å²) in [5, 5.41) is 0. The van der Waals surface area contributed by atoms with E-state index in [1.807, 2.05) is 24.9 Å². The summed E-state index contributed by atoms with van der Waals surface area (Å²) in [7, 11) is 3.90. The second kappa shape index (κ2) is 3.55. The maximum absolute atomic E-state index is 3.11. The molecule has 1 aromatic heterocycles. The molecule has 62 valence electrons.